The molecule has 0 spiro atoms. The fraction of sp³-hybridized carbons (Fsp3) is 0.667. The van der Waals surface area contributed by atoms with Gasteiger partial charge in [0.2, 0.25) is 0 Å². The van der Waals surface area contributed by atoms with Gasteiger partial charge in [0.1, 0.15) is 0 Å². The van der Waals surface area contributed by atoms with Crippen molar-refractivity contribution < 1.29 is 0 Å². The first-order valence-electron chi connectivity index (χ1n) is 5.87. The Hall–Kier alpha value is -1.32. The maximum Gasteiger partial charge on any atom is 0.293 e. The van der Waals surface area contributed by atoms with E-state index in [1.807, 2.05) is 13.8 Å². The molecule has 1 fully saturated rings. The quantitative estimate of drug-likeness (QED) is 0.851. The molecule has 0 radical (unpaired) electrons. The van der Waals surface area contributed by atoms with Crippen molar-refractivity contribution >= 4 is 5.82 Å². The zero-order valence-corrected chi connectivity index (χ0v) is 10.2. The summed E-state index contributed by atoms with van der Waals surface area (Å²) in [7, 11) is 0. The van der Waals surface area contributed by atoms with Crippen LogP contribution in [0.15, 0.2) is 17.2 Å². The Balaban J connectivity index is 2.28. The molecule has 0 aromatic carbocycles. The fourth-order valence-electron chi connectivity index (χ4n) is 2.04. The fourth-order valence-corrected chi connectivity index (χ4v) is 2.04. The summed E-state index contributed by atoms with van der Waals surface area (Å²) >= 11 is 0. The van der Waals surface area contributed by atoms with Crippen molar-refractivity contribution in [3.05, 3.63) is 22.7 Å². The molecule has 0 aliphatic heterocycles. The Morgan fingerprint density at radius 1 is 1.50 bits per heavy atom. The van der Waals surface area contributed by atoms with E-state index in [2.05, 4.69) is 17.2 Å². The van der Waals surface area contributed by atoms with Gasteiger partial charge < -0.3 is 9.88 Å². The third-order valence-electron chi connectivity index (χ3n) is 3.30. The molecule has 1 aromatic rings. The second-order valence-electron chi connectivity index (χ2n) is 5.12. The van der Waals surface area contributed by atoms with E-state index in [1.54, 1.807) is 17.0 Å². The number of rotatable bonds is 3. The predicted octanol–water partition coefficient (Wildman–Crippen LogP) is 2.18. The van der Waals surface area contributed by atoms with Gasteiger partial charge in [-0.3, -0.25) is 4.79 Å². The molecule has 0 atom stereocenters. The Labute approximate surface area is 95.7 Å². The maximum atomic E-state index is 12.1. The highest BCUT2D eigenvalue weighted by atomic mass is 16.1. The van der Waals surface area contributed by atoms with Crippen LogP contribution in [0.4, 0.5) is 5.82 Å². The van der Waals surface area contributed by atoms with Gasteiger partial charge >= 0.3 is 0 Å². The highest BCUT2D eigenvalue weighted by Crippen LogP contribution is 2.33. The summed E-state index contributed by atoms with van der Waals surface area (Å²) in [6.07, 6.45) is 6.89. The summed E-state index contributed by atoms with van der Waals surface area (Å²) in [6.45, 7) is 6.14. The number of nitrogens with one attached hydrogen (secondary N) is 1. The molecule has 1 aliphatic rings. The van der Waals surface area contributed by atoms with Crippen molar-refractivity contribution in [1.29, 1.82) is 0 Å². The Bertz CT molecular complexity index is 432. The van der Waals surface area contributed by atoms with E-state index < -0.39 is 0 Å². The zero-order valence-electron chi connectivity index (χ0n) is 10.2. The monoisotopic (exact) mass is 221 g/mol. The number of hydrogen-bond donors (Lipinski definition) is 1. The number of aromatic nitrogens is 2. The van der Waals surface area contributed by atoms with E-state index >= 15 is 0 Å². The van der Waals surface area contributed by atoms with Crippen molar-refractivity contribution in [2.45, 2.75) is 51.6 Å². The van der Waals surface area contributed by atoms with Crippen molar-refractivity contribution in [3.8, 4) is 0 Å². The third kappa shape index (κ3) is 1.96. The highest BCUT2D eigenvalue weighted by Gasteiger charge is 2.32. The summed E-state index contributed by atoms with van der Waals surface area (Å²) in [5.74, 6) is 0.485. The van der Waals surface area contributed by atoms with E-state index in [9.17, 15) is 4.79 Å². The molecule has 1 N–H and O–H groups in total. The molecule has 1 aromatic heterocycles. The Morgan fingerprint density at radius 2 is 2.19 bits per heavy atom. The molecule has 1 saturated carbocycles. The number of anilines is 1. The van der Waals surface area contributed by atoms with E-state index in [1.165, 1.54) is 6.42 Å². The van der Waals surface area contributed by atoms with Crippen LogP contribution >= 0.6 is 0 Å². The average molecular weight is 221 g/mol. The van der Waals surface area contributed by atoms with Gasteiger partial charge in [0, 0.05) is 24.0 Å². The predicted molar refractivity (Wildman–Crippen MR) is 64.8 cm³/mol. The number of hydrogen-bond acceptors (Lipinski definition) is 3. The number of nitrogens with zero attached hydrogens (tertiary/aromatic N) is 2. The van der Waals surface area contributed by atoms with Gasteiger partial charge in [-0.15, -0.1) is 0 Å². The highest BCUT2D eigenvalue weighted by molar-refractivity contribution is 5.35. The minimum absolute atomic E-state index is 0.0226. The molecule has 1 aliphatic carbocycles. The molecule has 0 amide bonds. The van der Waals surface area contributed by atoms with Gasteiger partial charge in [0.05, 0.1) is 0 Å². The second kappa shape index (κ2) is 3.92. The molecular weight excluding hydrogens is 202 g/mol. The first-order valence-corrected chi connectivity index (χ1v) is 5.87. The van der Waals surface area contributed by atoms with Crippen molar-refractivity contribution in [1.82, 2.24) is 9.55 Å². The molecule has 0 saturated heterocycles. The van der Waals surface area contributed by atoms with Gasteiger partial charge in [0.15, 0.2) is 5.82 Å². The standard InChI is InChI=1S/C12H19N3O/c1-9(2)15-8-7-13-10(11(15)16)14-12(3)5-4-6-12/h7-9H,4-6H2,1-3H3,(H,13,14). The van der Waals surface area contributed by atoms with E-state index in [0.717, 1.165) is 12.8 Å². The molecule has 2 rings (SSSR count). The van der Waals surface area contributed by atoms with Crippen LogP contribution in [0.1, 0.15) is 46.1 Å². The van der Waals surface area contributed by atoms with Crippen LogP contribution < -0.4 is 10.9 Å². The van der Waals surface area contributed by atoms with Crippen LogP contribution in [-0.2, 0) is 0 Å². The van der Waals surface area contributed by atoms with Crippen LogP contribution in [0.3, 0.4) is 0 Å². The molecule has 88 valence electrons. The van der Waals surface area contributed by atoms with E-state index in [4.69, 9.17) is 0 Å². The van der Waals surface area contributed by atoms with Crippen LogP contribution in [-0.4, -0.2) is 15.1 Å². The first-order chi connectivity index (χ1) is 7.52. The molecule has 4 nitrogen and oxygen atoms in total. The third-order valence-corrected chi connectivity index (χ3v) is 3.30. The lowest BCUT2D eigenvalue weighted by Gasteiger charge is -2.39. The second-order valence-corrected chi connectivity index (χ2v) is 5.12. The summed E-state index contributed by atoms with van der Waals surface area (Å²) in [4.78, 5) is 16.2. The molecule has 0 bridgehead atoms. The normalized spacial score (nSPS) is 18.2. The Kier molecular flexibility index (Phi) is 2.74. The van der Waals surface area contributed by atoms with Gasteiger partial charge in [-0.25, -0.2) is 4.98 Å². The first kappa shape index (κ1) is 11.2. The van der Waals surface area contributed by atoms with Gasteiger partial charge in [-0.2, -0.15) is 0 Å². The maximum absolute atomic E-state index is 12.1. The SMILES string of the molecule is CC(C)n1ccnc(NC2(C)CCC2)c1=O. The van der Waals surface area contributed by atoms with E-state index in [-0.39, 0.29) is 17.1 Å². The molecule has 16 heavy (non-hydrogen) atoms. The van der Waals surface area contributed by atoms with Crippen molar-refractivity contribution in [3.63, 3.8) is 0 Å². The molecule has 4 heteroatoms. The Morgan fingerprint density at radius 3 is 2.69 bits per heavy atom. The molecule has 1 heterocycles. The summed E-state index contributed by atoms with van der Waals surface area (Å²) in [5.41, 5.74) is 0.0492. The topological polar surface area (TPSA) is 46.9 Å². The van der Waals surface area contributed by atoms with Crippen LogP contribution in [0.2, 0.25) is 0 Å². The van der Waals surface area contributed by atoms with Crippen LogP contribution in [0, 0.1) is 0 Å². The lowest BCUT2D eigenvalue weighted by atomic mass is 9.78. The summed E-state index contributed by atoms with van der Waals surface area (Å²) in [5, 5.41) is 3.27. The van der Waals surface area contributed by atoms with Crippen molar-refractivity contribution in [2.75, 3.05) is 5.32 Å². The van der Waals surface area contributed by atoms with Gasteiger partial charge in [-0.05, 0) is 40.0 Å². The summed E-state index contributed by atoms with van der Waals surface area (Å²) in [6, 6.07) is 0.172. The minimum Gasteiger partial charge on any atom is -0.360 e. The van der Waals surface area contributed by atoms with Crippen molar-refractivity contribution in [2.24, 2.45) is 0 Å². The van der Waals surface area contributed by atoms with Crippen LogP contribution in [0.5, 0.6) is 0 Å². The van der Waals surface area contributed by atoms with Gasteiger partial charge in [-0.1, -0.05) is 0 Å². The van der Waals surface area contributed by atoms with E-state index in [0.29, 0.717) is 5.82 Å². The summed E-state index contributed by atoms with van der Waals surface area (Å²) < 4.78 is 1.71. The average Bonchev–Trinajstić information content (AvgIpc) is 2.18. The minimum atomic E-state index is -0.0226. The molecule has 0 unspecified atom stereocenters. The van der Waals surface area contributed by atoms with Gasteiger partial charge in [0.25, 0.3) is 5.56 Å². The molecular formula is C12H19N3O. The lowest BCUT2D eigenvalue weighted by Crippen LogP contribution is -2.44. The lowest BCUT2D eigenvalue weighted by molar-refractivity contribution is 0.305. The largest absolute Gasteiger partial charge is 0.360 e. The smallest absolute Gasteiger partial charge is 0.293 e. The zero-order chi connectivity index (χ0) is 11.8. The van der Waals surface area contributed by atoms with Crippen LogP contribution in [0.25, 0.3) is 0 Å².